The fourth-order valence-corrected chi connectivity index (χ4v) is 3.58. The maximum absolute atomic E-state index is 5.86. The first-order valence-corrected chi connectivity index (χ1v) is 9.48. The van der Waals surface area contributed by atoms with Crippen LogP contribution < -0.4 is 14.5 Å². The fraction of sp³-hybridized carbons (Fsp3) is 0.333. The Hall–Kier alpha value is -2.70. The third-order valence-corrected chi connectivity index (χ3v) is 5.17. The summed E-state index contributed by atoms with van der Waals surface area (Å²) in [5, 5.41) is 8.42. The highest BCUT2D eigenvalue weighted by molar-refractivity contribution is 5.51. The van der Waals surface area contributed by atoms with E-state index in [1.54, 1.807) is 12.0 Å². The van der Waals surface area contributed by atoms with Gasteiger partial charge in [0.1, 0.15) is 38.5 Å². The molecule has 27 heavy (non-hydrogen) atoms. The average Bonchev–Trinajstić information content (AvgIpc) is 3.19. The minimum Gasteiger partial charge on any atom is -0.497 e. The molecule has 3 aromatic rings. The van der Waals surface area contributed by atoms with Crippen molar-refractivity contribution >= 4 is 0 Å². The third-order valence-electron chi connectivity index (χ3n) is 5.17. The minimum absolute atomic E-state index is 0.605. The first-order valence-electron chi connectivity index (χ1n) is 9.48. The zero-order chi connectivity index (χ0) is 18.5. The van der Waals surface area contributed by atoms with Crippen LogP contribution in [0.2, 0.25) is 0 Å². The van der Waals surface area contributed by atoms with Gasteiger partial charge in [-0.2, -0.15) is 0 Å². The molecular weight excluding hydrogens is 340 g/mol. The van der Waals surface area contributed by atoms with Gasteiger partial charge in [-0.05, 0) is 36.4 Å². The number of benzene rings is 2. The summed E-state index contributed by atoms with van der Waals surface area (Å²) in [6.45, 7) is 6.41. The molecule has 1 aromatic heterocycles. The number of nitrogens with one attached hydrogen (secondary N) is 2. The molecule has 140 valence electrons. The molecule has 1 saturated heterocycles. The lowest BCUT2D eigenvalue weighted by Crippen LogP contribution is -3.27. The summed E-state index contributed by atoms with van der Waals surface area (Å²) in [5.41, 5.74) is 2.33. The van der Waals surface area contributed by atoms with E-state index in [-0.39, 0.29) is 0 Å². The normalized spacial score (nSPS) is 19.7. The molecular formula is C21H26N4O2+2. The van der Waals surface area contributed by atoms with E-state index < -0.39 is 0 Å². The van der Waals surface area contributed by atoms with Crippen LogP contribution in [-0.4, -0.2) is 43.5 Å². The van der Waals surface area contributed by atoms with Crippen LogP contribution in [0.1, 0.15) is 11.5 Å². The van der Waals surface area contributed by atoms with E-state index in [9.17, 15) is 0 Å². The lowest BCUT2D eigenvalue weighted by molar-refractivity contribution is -1.02. The molecule has 0 aliphatic carbocycles. The Bertz CT molecular complexity index is 840. The van der Waals surface area contributed by atoms with Crippen molar-refractivity contribution in [3.05, 3.63) is 66.1 Å². The molecule has 2 aromatic carbocycles. The summed E-state index contributed by atoms with van der Waals surface area (Å²) >= 11 is 0. The van der Waals surface area contributed by atoms with Crippen LogP contribution in [0.15, 0.2) is 59.0 Å². The quantitative estimate of drug-likeness (QED) is 0.656. The Balaban J connectivity index is 1.27. The van der Waals surface area contributed by atoms with Crippen molar-refractivity contribution in [1.82, 2.24) is 10.2 Å². The number of rotatable bonds is 6. The van der Waals surface area contributed by atoms with Crippen LogP contribution in [0, 0.1) is 0 Å². The van der Waals surface area contributed by atoms with Gasteiger partial charge in [-0.1, -0.05) is 18.2 Å². The first kappa shape index (κ1) is 17.7. The Morgan fingerprint density at radius 2 is 1.52 bits per heavy atom. The molecule has 0 saturated carbocycles. The smallest absolute Gasteiger partial charge is 0.271 e. The van der Waals surface area contributed by atoms with Crippen LogP contribution in [0.5, 0.6) is 5.75 Å². The van der Waals surface area contributed by atoms with Gasteiger partial charge in [-0.3, -0.25) is 0 Å². The first-order chi connectivity index (χ1) is 13.3. The Morgan fingerprint density at radius 3 is 2.19 bits per heavy atom. The number of methoxy groups -OCH3 is 1. The summed E-state index contributed by atoms with van der Waals surface area (Å²) in [6, 6.07) is 18.3. The second-order valence-corrected chi connectivity index (χ2v) is 7.07. The second kappa shape index (κ2) is 8.33. The van der Waals surface area contributed by atoms with Gasteiger partial charge < -0.3 is 19.0 Å². The summed E-state index contributed by atoms with van der Waals surface area (Å²) < 4.78 is 11.1. The van der Waals surface area contributed by atoms with Gasteiger partial charge >= 0.3 is 0 Å². The molecule has 6 nitrogen and oxygen atoms in total. The van der Waals surface area contributed by atoms with E-state index in [4.69, 9.17) is 9.15 Å². The Labute approximate surface area is 159 Å². The van der Waals surface area contributed by atoms with Gasteiger partial charge in [0.25, 0.3) is 5.89 Å². The predicted molar refractivity (Wildman–Crippen MR) is 102 cm³/mol. The Kier molecular flexibility index (Phi) is 5.46. The molecule has 2 N–H and O–H groups in total. The highest BCUT2D eigenvalue weighted by Gasteiger charge is 2.25. The summed E-state index contributed by atoms with van der Waals surface area (Å²) in [7, 11) is 1.70. The SMILES string of the molecule is COc1ccc(C[NH+]2CC[NH+](Cc3nnc(-c4ccccc4)o3)CC2)cc1. The van der Waals surface area contributed by atoms with Crippen molar-refractivity contribution in [3.8, 4) is 17.2 Å². The number of piperazine rings is 1. The van der Waals surface area contributed by atoms with Crippen LogP contribution in [0.3, 0.4) is 0 Å². The molecule has 0 bridgehead atoms. The van der Waals surface area contributed by atoms with Crippen molar-refractivity contribution in [3.63, 3.8) is 0 Å². The summed E-state index contributed by atoms with van der Waals surface area (Å²) in [6.07, 6.45) is 0. The zero-order valence-electron chi connectivity index (χ0n) is 15.6. The van der Waals surface area contributed by atoms with E-state index in [0.29, 0.717) is 5.89 Å². The van der Waals surface area contributed by atoms with Crippen LogP contribution in [-0.2, 0) is 13.1 Å². The standard InChI is InChI=1S/C21H24N4O2/c1-26-19-9-7-17(8-10-19)15-24-11-13-25(14-12-24)16-20-22-23-21(27-20)18-5-3-2-4-6-18/h2-10H,11-16H2,1H3/p+2. The molecule has 6 heteroatoms. The highest BCUT2D eigenvalue weighted by atomic mass is 16.5. The van der Waals surface area contributed by atoms with Crippen LogP contribution >= 0.6 is 0 Å². The van der Waals surface area contributed by atoms with Crippen molar-refractivity contribution in [2.24, 2.45) is 0 Å². The molecule has 1 aliphatic rings. The summed E-state index contributed by atoms with van der Waals surface area (Å²) in [4.78, 5) is 3.14. The zero-order valence-corrected chi connectivity index (χ0v) is 15.6. The van der Waals surface area contributed by atoms with E-state index in [1.807, 2.05) is 42.5 Å². The monoisotopic (exact) mass is 366 g/mol. The fourth-order valence-electron chi connectivity index (χ4n) is 3.58. The van der Waals surface area contributed by atoms with Gasteiger partial charge in [-0.15, -0.1) is 10.2 Å². The third kappa shape index (κ3) is 4.53. The number of aromatic nitrogens is 2. The van der Waals surface area contributed by atoms with Crippen LogP contribution in [0.4, 0.5) is 0 Å². The van der Waals surface area contributed by atoms with E-state index in [2.05, 4.69) is 22.3 Å². The molecule has 2 heterocycles. The number of nitrogens with zero attached hydrogens (tertiary/aromatic N) is 2. The molecule has 0 atom stereocenters. The second-order valence-electron chi connectivity index (χ2n) is 7.07. The van der Waals surface area contributed by atoms with Gasteiger partial charge in [-0.25, -0.2) is 0 Å². The lowest BCUT2D eigenvalue weighted by Gasteiger charge is -2.29. The molecule has 0 radical (unpaired) electrons. The largest absolute Gasteiger partial charge is 0.497 e. The molecule has 4 rings (SSSR count). The average molecular weight is 366 g/mol. The van der Waals surface area contributed by atoms with E-state index in [1.165, 1.54) is 10.5 Å². The summed E-state index contributed by atoms with van der Waals surface area (Å²) in [5.74, 6) is 2.24. The van der Waals surface area contributed by atoms with Crippen molar-refractivity contribution in [2.75, 3.05) is 33.3 Å². The van der Waals surface area contributed by atoms with Crippen LogP contribution in [0.25, 0.3) is 11.5 Å². The predicted octanol–water partition coefficient (Wildman–Crippen LogP) is 0.229. The maximum Gasteiger partial charge on any atom is 0.271 e. The van der Waals surface area contributed by atoms with Gasteiger partial charge in [0.15, 0.2) is 6.54 Å². The number of hydrogen-bond acceptors (Lipinski definition) is 4. The van der Waals surface area contributed by atoms with Gasteiger partial charge in [0.05, 0.1) is 7.11 Å². The number of hydrogen-bond donors (Lipinski definition) is 2. The number of quaternary nitrogens is 2. The maximum atomic E-state index is 5.86. The van der Waals surface area contributed by atoms with E-state index in [0.717, 1.165) is 56.5 Å². The van der Waals surface area contributed by atoms with Gasteiger partial charge in [0.2, 0.25) is 5.89 Å². The van der Waals surface area contributed by atoms with E-state index >= 15 is 0 Å². The van der Waals surface area contributed by atoms with Crippen molar-refractivity contribution < 1.29 is 19.0 Å². The topological polar surface area (TPSA) is 57.0 Å². The molecule has 0 spiro atoms. The highest BCUT2D eigenvalue weighted by Crippen LogP contribution is 2.16. The van der Waals surface area contributed by atoms with Crippen molar-refractivity contribution in [2.45, 2.75) is 13.1 Å². The lowest BCUT2D eigenvalue weighted by atomic mass is 10.2. The van der Waals surface area contributed by atoms with Crippen molar-refractivity contribution in [1.29, 1.82) is 0 Å². The number of ether oxygens (including phenoxy) is 1. The molecule has 0 unspecified atom stereocenters. The van der Waals surface area contributed by atoms with Gasteiger partial charge in [0, 0.05) is 11.1 Å². The molecule has 1 aliphatic heterocycles. The molecule has 1 fully saturated rings. The molecule has 0 amide bonds. The minimum atomic E-state index is 0.605. The Morgan fingerprint density at radius 1 is 0.852 bits per heavy atom.